The highest BCUT2D eigenvalue weighted by Gasteiger charge is 2.45. The average molecular weight is 389 g/mol. The summed E-state index contributed by atoms with van der Waals surface area (Å²) >= 11 is 0. The van der Waals surface area contributed by atoms with Crippen LogP contribution in [0.5, 0.6) is 0 Å². The molecule has 0 unspecified atom stereocenters. The SMILES string of the molecule is CC[C@@H]1CN(CC)c2nc[n+]3c(c2CN1C(=O)OC(C)(C)C)N1CCC[C@H]1C3. The van der Waals surface area contributed by atoms with Crippen molar-refractivity contribution in [2.24, 2.45) is 0 Å². The normalized spacial score (nSPS) is 24.0. The van der Waals surface area contributed by atoms with Crippen molar-refractivity contribution in [2.75, 3.05) is 29.4 Å². The van der Waals surface area contributed by atoms with Gasteiger partial charge in [0, 0.05) is 13.1 Å². The predicted molar refractivity (Wildman–Crippen MR) is 109 cm³/mol. The van der Waals surface area contributed by atoms with Gasteiger partial charge >= 0.3 is 6.09 Å². The van der Waals surface area contributed by atoms with Crippen molar-refractivity contribution < 1.29 is 14.1 Å². The number of nitrogens with zero attached hydrogens (tertiary/aromatic N) is 5. The lowest BCUT2D eigenvalue weighted by Crippen LogP contribution is -2.46. The summed E-state index contributed by atoms with van der Waals surface area (Å²) in [6.07, 6.45) is 5.15. The number of carbonyl (C=O) groups excluding carboxylic acids is 1. The van der Waals surface area contributed by atoms with E-state index >= 15 is 0 Å². The molecule has 4 rings (SSSR count). The third-order valence-electron chi connectivity index (χ3n) is 6.17. The standard InChI is InChI=1S/C21H34N5O2/c1-6-15-11-23(7-2)18-17(13-26(15)20(27)28-21(3,4)5)19-24(14-22-18)12-16-9-8-10-25(16)19/h14-16H,6-13H2,1-5H3/q+1/t15-,16+/m1/s1. The second-order valence-corrected chi connectivity index (χ2v) is 9.22. The molecule has 2 atom stereocenters. The molecule has 0 saturated carbocycles. The van der Waals surface area contributed by atoms with E-state index in [4.69, 9.17) is 9.72 Å². The minimum Gasteiger partial charge on any atom is -0.444 e. The number of hydrogen-bond acceptors (Lipinski definition) is 5. The molecule has 3 aliphatic heterocycles. The molecule has 1 fully saturated rings. The minimum absolute atomic E-state index is 0.112. The fourth-order valence-electron chi connectivity index (χ4n) is 4.85. The second kappa shape index (κ2) is 7.08. The van der Waals surface area contributed by atoms with Gasteiger partial charge in [-0.1, -0.05) is 11.9 Å². The summed E-state index contributed by atoms with van der Waals surface area (Å²) in [7, 11) is 0. The number of hydrogen-bond donors (Lipinski definition) is 0. The van der Waals surface area contributed by atoms with Gasteiger partial charge in [0.25, 0.3) is 0 Å². The van der Waals surface area contributed by atoms with Gasteiger partial charge in [0.2, 0.25) is 18.0 Å². The van der Waals surface area contributed by atoms with Crippen LogP contribution in [0.1, 0.15) is 59.4 Å². The maximum absolute atomic E-state index is 13.1. The fourth-order valence-corrected chi connectivity index (χ4v) is 4.85. The molecule has 0 N–H and O–H groups in total. The van der Waals surface area contributed by atoms with Crippen LogP contribution < -0.4 is 14.4 Å². The number of carbonyl (C=O) groups is 1. The molecule has 0 aliphatic carbocycles. The van der Waals surface area contributed by atoms with Crippen molar-refractivity contribution in [1.29, 1.82) is 0 Å². The van der Waals surface area contributed by atoms with E-state index in [9.17, 15) is 4.79 Å². The van der Waals surface area contributed by atoms with Crippen LogP contribution in [0.15, 0.2) is 6.33 Å². The van der Waals surface area contributed by atoms with E-state index in [0.717, 1.165) is 38.4 Å². The Balaban J connectivity index is 1.76. The molecule has 4 heterocycles. The molecule has 0 bridgehead atoms. The summed E-state index contributed by atoms with van der Waals surface area (Å²) < 4.78 is 8.07. The Morgan fingerprint density at radius 3 is 2.82 bits per heavy atom. The first kappa shape index (κ1) is 19.3. The van der Waals surface area contributed by atoms with Gasteiger partial charge in [-0.05, 0) is 47.0 Å². The first-order chi connectivity index (χ1) is 13.3. The quantitative estimate of drug-likeness (QED) is 0.729. The smallest absolute Gasteiger partial charge is 0.410 e. The van der Waals surface area contributed by atoms with Crippen molar-refractivity contribution in [3.8, 4) is 0 Å². The van der Waals surface area contributed by atoms with E-state index in [1.54, 1.807) is 0 Å². The number of aromatic nitrogens is 2. The van der Waals surface area contributed by atoms with E-state index in [0.29, 0.717) is 12.6 Å². The molecule has 1 amide bonds. The van der Waals surface area contributed by atoms with E-state index < -0.39 is 5.60 Å². The van der Waals surface area contributed by atoms with Gasteiger partial charge in [-0.15, -0.1) is 0 Å². The molecule has 154 valence electrons. The molecule has 1 saturated heterocycles. The van der Waals surface area contributed by atoms with Crippen molar-refractivity contribution in [3.63, 3.8) is 0 Å². The van der Waals surface area contributed by atoms with E-state index in [2.05, 4.69) is 28.2 Å². The first-order valence-electron chi connectivity index (χ1n) is 10.7. The van der Waals surface area contributed by atoms with Crippen LogP contribution in [-0.2, 0) is 17.8 Å². The number of anilines is 2. The lowest BCUT2D eigenvalue weighted by Gasteiger charge is -2.32. The number of likely N-dealkylation sites (N-methyl/N-ethyl adjacent to an activating group) is 1. The van der Waals surface area contributed by atoms with Gasteiger partial charge in [-0.2, -0.15) is 0 Å². The Labute approximate surface area is 168 Å². The maximum Gasteiger partial charge on any atom is 0.410 e. The highest BCUT2D eigenvalue weighted by Crippen LogP contribution is 2.37. The van der Waals surface area contributed by atoms with Crippen molar-refractivity contribution in [2.45, 2.75) is 84.7 Å². The highest BCUT2D eigenvalue weighted by atomic mass is 16.6. The van der Waals surface area contributed by atoms with E-state index in [1.165, 1.54) is 24.2 Å². The number of fused-ring (bicyclic) bond motifs is 5. The van der Waals surface area contributed by atoms with Crippen LogP contribution in [0.4, 0.5) is 16.4 Å². The van der Waals surface area contributed by atoms with Crippen LogP contribution in [0.3, 0.4) is 0 Å². The Bertz CT molecular complexity index is 760. The van der Waals surface area contributed by atoms with Gasteiger partial charge < -0.3 is 9.64 Å². The first-order valence-corrected chi connectivity index (χ1v) is 10.7. The van der Waals surface area contributed by atoms with Crippen LogP contribution in [0.2, 0.25) is 0 Å². The molecule has 7 heteroatoms. The zero-order chi connectivity index (χ0) is 20.1. The molecule has 0 spiro atoms. The average Bonchev–Trinajstić information content (AvgIpc) is 3.16. The van der Waals surface area contributed by atoms with Crippen LogP contribution >= 0.6 is 0 Å². The van der Waals surface area contributed by atoms with Crippen molar-refractivity contribution in [1.82, 2.24) is 9.88 Å². The zero-order valence-corrected chi connectivity index (χ0v) is 17.9. The molecule has 0 aromatic carbocycles. The lowest BCUT2D eigenvalue weighted by molar-refractivity contribution is -0.677. The molecular weight excluding hydrogens is 354 g/mol. The summed E-state index contributed by atoms with van der Waals surface area (Å²) in [5, 5.41) is 0. The lowest BCUT2D eigenvalue weighted by atomic mass is 10.1. The summed E-state index contributed by atoms with van der Waals surface area (Å²) in [4.78, 5) is 24.8. The summed E-state index contributed by atoms with van der Waals surface area (Å²) in [5.74, 6) is 2.29. The van der Waals surface area contributed by atoms with E-state index in [1.807, 2.05) is 32.0 Å². The number of rotatable bonds is 2. The van der Waals surface area contributed by atoms with Gasteiger partial charge in [0.1, 0.15) is 23.8 Å². The maximum atomic E-state index is 13.1. The Morgan fingerprint density at radius 2 is 2.14 bits per heavy atom. The van der Waals surface area contributed by atoms with Crippen LogP contribution in [0.25, 0.3) is 0 Å². The molecule has 0 radical (unpaired) electrons. The summed E-state index contributed by atoms with van der Waals surface area (Å²) in [5.41, 5.74) is 0.677. The van der Waals surface area contributed by atoms with Gasteiger partial charge in [0.15, 0.2) is 0 Å². The second-order valence-electron chi connectivity index (χ2n) is 9.22. The largest absolute Gasteiger partial charge is 0.444 e. The number of amides is 1. The predicted octanol–water partition coefficient (Wildman–Crippen LogP) is 2.71. The van der Waals surface area contributed by atoms with Crippen molar-refractivity contribution >= 4 is 17.7 Å². The van der Waals surface area contributed by atoms with Gasteiger partial charge in [-0.3, -0.25) is 9.80 Å². The third-order valence-corrected chi connectivity index (χ3v) is 6.17. The summed E-state index contributed by atoms with van der Waals surface area (Å²) in [6, 6.07) is 0.684. The molecular formula is C21H34N5O2+. The third kappa shape index (κ3) is 3.29. The van der Waals surface area contributed by atoms with Gasteiger partial charge in [-0.25, -0.2) is 9.36 Å². The Hall–Kier alpha value is -2.05. The van der Waals surface area contributed by atoms with Crippen molar-refractivity contribution in [3.05, 3.63) is 11.9 Å². The molecule has 28 heavy (non-hydrogen) atoms. The van der Waals surface area contributed by atoms with Crippen LogP contribution in [0, 0.1) is 0 Å². The zero-order valence-electron chi connectivity index (χ0n) is 17.9. The van der Waals surface area contributed by atoms with Crippen LogP contribution in [-0.4, -0.2) is 53.3 Å². The Morgan fingerprint density at radius 1 is 1.36 bits per heavy atom. The van der Waals surface area contributed by atoms with E-state index in [-0.39, 0.29) is 12.1 Å². The van der Waals surface area contributed by atoms with Gasteiger partial charge in [0.05, 0.1) is 19.1 Å². The molecule has 7 nitrogen and oxygen atoms in total. The highest BCUT2D eigenvalue weighted by molar-refractivity contribution is 5.71. The minimum atomic E-state index is -0.499. The number of ether oxygens (including phenoxy) is 1. The Kier molecular flexibility index (Phi) is 4.88. The molecule has 3 aliphatic rings. The summed E-state index contributed by atoms with van der Waals surface area (Å²) in [6.45, 7) is 14.4. The molecule has 1 aromatic rings. The molecule has 1 aromatic heterocycles. The monoisotopic (exact) mass is 388 g/mol. The fraction of sp³-hybridized carbons (Fsp3) is 0.762. The topological polar surface area (TPSA) is 52.8 Å².